The van der Waals surface area contributed by atoms with E-state index >= 15 is 0 Å². The Kier molecular flexibility index (Phi) is 5.61. The molecule has 2 aliphatic rings. The zero-order valence-electron chi connectivity index (χ0n) is 15.1. The molecule has 27 heavy (non-hydrogen) atoms. The summed E-state index contributed by atoms with van der Waals surface area (Å²) in [5.74, 6) is -0.858. The van der Waals surface area contributed by atoms with Crippen LogP contribution in [0.5, 0.6) is 0 Å². The molecule has 1 aromatic heterocycles. The Morgan fingerprint density at radius 3 is 2.85 bits per heavy atom. The Balaban J connectivity index is 2.03. The topological polar surface area (TPSA) is 103 Å². The minimum absolute atomic E-state index is 0.289. The number of hydrogen-bond acceptors (Lipinski definition) is 6. The number of carbonyl (C=O) groups excluding carboxylic acids is 2. The molecule has 0 bridgehead atoms. The summed E-state index contributed by atoms with van der Waals surface area (Å²) < 4.78 is 1.59. The van der Waals surface area contributed by atoms with Crippen molar-refractivity contribution in [3.63, 3.8) is 0 Å². The molecule has 2 aliphatic heterocycles. The highest BCUT2D eigenvalue weighted by atomic mass is 16.2. The highest BCUT2D eigenvalue weighted by molar-refractivity contribution is 6.37. The van der Waals surface area contributed by atoms with Gasteiger partial charge in [0.1, 0.15) is 6.67 Å². The first-order valence-electron chi connectivity index (χ1n) is 8.67. The van der Waals surface area contributed by atoms with Gasteiger partial charge in [-0.2, -0.15) is 10.4 Å². The van der Waals surface area contributed by atoms with Crippen LogP contribution in [0.2, 0.25) is 0 Å². The minimum atomic E-state index is -0.439. The van der Waals surface area contributed by atoms with Gasteiger partial charge in [-0.05, 0) is 30.6 Å². The molecule has 0 radical (unpaired) electrons. The van der Waals surface area contributed by atoms with Crippen molar-refractivity contribution in [3.8, 4) is 6.07 Å². The van der Waals surface area contributed by atoms with Gasteiger partial charge in [-0.3, -0.25) is 24.6 Å². The standard InChI is InChI=1S/C19H20N6O2/c1-24-11-7-15(23-24)17-16(18(26)22-19(17)27)14-6-2-4-9-21-13-25(12-14)10-5-3-8-20/h2,4,7,9,11-12H,3,5-6,10,13H2,1H3,(H,22,26,27)/b4-2-,14-12+,21-9-. The normalized spacial score (nSPS) is 21.6. The summed E-state index contributed by atoms with van der Waals surface area (Å²) in [5.41, 5.74) is 1.82. The Morgan fingerprint density at radius 1 is 1.30 bits per heavy atom. The lowest BCUT2D eigenvalue weighted by atomic mass is 9.97. The predicted molar refractivity (Wildman–Crippen MR) is 100 cm³/mol. The smallest absolute Gasteiger partial charge is 0.261 e. The average Bonchev–Trinajstić information content (AvgIpc) is 3.20. The summed E-state index contributed by atoms with van der Waals surface area (Å²) in [4.78, 5) is 31.2. The summed E-state index contributed by atoms with van der Waals surface area (Å²) in [7, 11) is 1.76. The van der Waals surface area contributed by atoms with E-state index in [2.05, 4.69) is 21.5 Å². The van der Waals surface area contributed by atoms with E-state index in [1.165, 1.54) is 0 Å². The maximum Gasteiger partial charge on any atom is 0.261 e. The molecule has 2 amide bonds. The van der Waals surface area contributed by atoms with Crippen LogP contribution in [0.15, 0.2) is 46.8 Å². The fourth-order valence-corrected chi connectivity index (χ4v) is 3.00. The van der Waals surface area contributed by atoms with Crippen molar-refractivity contribution < 1.29 is 9.59 Å². The number of carbonyl (C=O) groups is 2. The largest absolute Gasteiger partial charge is 0.358 e. The molecule has 1 aromatic rings. The third kappa shape index (κ3) is 4.20. The van der Waals surface area contributed by atoms with E-state index in [1.54, 1.807) is 30.2 Å². The molecular weight excluding hydrogens is 344 g/mol. The van der Waals surface area contributed by atoms with Gasteiger partial charge in [0.05, 0.1) is 22.9 Å². The predicted octanol–water partition coefficient (Wildman–Crippen LogP) is 1.31. The molecule has 0 aromatic carbocycles. The van der Waals surface area contributed by atoms with Crippen molar-refractivity contribution in [2.45, 2.75) is 19.3 Å². The average molecular weight is 364 g/mol. The van der Waals surface area contributed by atoms with Crippen LogP contribution in [0.1, 0.15) is 25.0 Å². The van der Waals surface area contributed by atoms with Gasteiger partial charge < -0.3 is 4.90 Å². The van der Waals surface area contributed by atoms with Gasteiger partial charge in [0.2, 0.25) is 0 Å². The number of hydrogen-bond donors (Lipinski definition) is 1. The third-order valence-electron chi connectivity index (χ3n) is 4.22. The first-order chi connectivity index (χ1) is 13.1. The molecule has 8 heteroatoms. The van der Waals surface area contributed by atoms with E-state index < -0.39 is 11.8 Å². The second-order valence-corrected chi connectivity index (χ2v) is 6.24. The molecule has 0 aliphatic carbocycles. The van der Waals surface area contributed by atoms with Crippen molar-refractivity contribution in [2.75, 3.05) is 13.2 Å². The van der Waals surface area contributed by atoms with Crippen molar-refractivity contribution in [1.82, 2.24) is 20.0 Å². The number of aryl methyl sites for hydroxylation is 1. The van der Waals surface area contributed by atoms with Crippen LogP contribution >= 0.6 is 0 Å². The molecule has 138 valence electrons. The van der Waals surface area contributed by atoms with E-state index in [9.17, 15) is 9.59 Å². The van der Waals surface area contributed by atoms with Crippen LogP contribution in [-0.2, 0) is 16.6 Å². The first kappa shape index (κ1) is 18.3. The van der Waals surface area contributed by atoms with Crippen LogP contribution in [0.25, 0.3) is 5.57 Å². The maximum absolute atomic E-state index is 12.5. The lowest BCUT2D eigenvalue weighted by Gasteiger charge is -2.19. The number of unbranched alkanes of at least 4 members (excludes halogenated alkanes) is 1. The van der Waals surface area contributed by atoms with Gasteiger partial charge >= 0.3 is 0 Å². The van der Waals surface area contributed by atoms with Crippen LogP contribution in [0, 0.1) is 11.3 Å². The molecule has 0 unspecified atom stereocenters. The van der Waals surface area contributed by atoms with Crippen LogP contribution in [0.3, 0.4) is 0 Å². The third-order valence-corrected chi connectivity index (χ3v) is 4.22. The van der Waals surface area contributed by atoms with Crippen LogP contribution in [-0.4, -0.2) is 45.9 Å². The summed E-state index contributed by atoms with van der Waals surface area (Å²) in [6, 6.07) is 3.85. The molecule has 3 heterocycles. The number of aromatic nitrogens is 2. The molecule has 3 rings (SSSR count). The Morgan fingerprint density at radius 2 is 2.11 bits per heavy atom. The van der Waals surface area contributed by atoms with E-state index in [1.807, 2.05) is 23.3 Å². The van der Waals surface area contributed by atoms with Crippen molar-refractivity contribution in [1.29, 1.82) is 5.26 Å². The van der Waals surface area contributed by atoms with Gasteiger partial charge in [-0.1, -0.05) is 6.08 Å². The maximum atomic E-state index is 12.5. The molecule has 0 saturated heterocycles. The van der Waals surface area contributed by atoms with E-state index in [0.717, 1.165) is 5.57 Å². The van der Waals surface area contributed by atoms with Gasteiger partial charge in [-0.15, -0.1) is 0 Å². The molecule has 8 nitrogen and oxygen atoms in total. The van der Waals surface area contributed by atoms with Crippen molar-refractivity contribution in [3.05, 3.63) is 47.5 Å². The molecule has 1 N–H and O–H groups in total. The molecule has 0 fully saturated rings. The number of aliphatic imine (C=N–C) groups is 1. The fourth-order valence-electron chi connectivity index (χ4n) is 3.00. The highest BCUT2D eigenvalue weighted by Gasteiger charge is 2.34. The SMILES string of the molecule is Cn1ccc(C2=C(/C3=C/N(CCCC#N)C/N=C\C=C/C3)C(=O)NC2=O)n1. The van der Waals surface area contributed by atoms with Gasteiger partial charge in [0.15, 0.2) is 0 Å². The Bertz CT molecular complexity index is 913. The monoisotopic (exact) mass is 364 g/mol. The Labute approximate surface area is 157 Å². The second kappa shape index (κ2) is 8.27. The fraction of sp³-hybridized carbons (Fsp3) is 0.316. The molecule has 0 saturated carbocycles. The van der Waals surface area contributed by atoms with Gasteiger partial charge in [0.25, 0.3) is 11.8 Å². The molecule has 0 atom stereocenters. The number of nitrogens with zero attached hydrogens (tertiary/aromatic N) is 5. The Hall–Kier alpha value is -3.47. The number of allylic oxidation sites excluding steroid dienone is 2. The van der Waals surface area contributed by atoms with E-state index in [-0.39, 0.29) is 5.57 Å². The summed E-state index contributed by atoms with van der Waals surface area (Å²) in [5, 5.41) is 15.4. The number of amides is 2. The lowest BCUT2D eigenvalue weighted by Crippen LogP contribution is -2.24. The summed E-state index contributed by atoms with van der Waals surface area (Å²) in [6.07, 6.45) is 10.6. The summed E-state index contributed by atoms with van der Waals surface area (Å²) in [6.45, 7) is 1.05. The minimum Gasteiger partial charge on any atom is -0.358 e. The van der Waals surface area contributed by atoms with Gasteiger partial charge in [0, 0.05) is 38.6 Å². The highest BCUT2D eigenvalue weighted by Crippen LogP contribution is 2.30. The lowest BCUT2D eigenvalue weighted by molar-refractivity contribution is -0.123. The van der Waals surface area contributed by atoms with Crippen LogP contribution in [0.4, 0.5) is 0 Å². The van der Waals surface area contributed by atoms with E-state index in [4.69, 9.17) is 5.26 Å². The zero-order valence-corrected chi connectivity index (χ0v) is 15.1. The zero-order chi connectivity index (χ0) is 19.2. The quantitative estimate of drug-likeness (QED) is 0.627. The first-order valence-corrected chi connectivity index (χ1v) is 8.67. The summed E-state index contributed by atoms with van der Waals surface area (Å²) >= 11 is 0. The molecule has 0 spiro atoms. The molecular formula is C19H20N6O2. The number of nitriles is 1. The number of imide groups is 1. The van der Waals surface area contributed by atoms with Gasteiger partial charge in [-0.25, -0.2) is 0 Å². The second-order valence-electron chi connectivity index (χ2n) is 6.24. The number of rotatable bonds is 5. The van der Waals surface area contributed by atoms with Crippen molar-refractivity contribution in [2.24, 2.45) is 12.0 Å². The van der Waals surface area contributed by atoms with Crippen LogP contribution < -0.4 is 5.32 Å². The van der Waals surface area contributed by atoms with E-state index in [0.29, 0.717) is 43.7 Å². The van der Waals surface area contributed by atoms with Crippen molar-refractivity contribution >= 4 is 23.6 Å². The number of nitrogens with one attached hydrogen (secondary N) is 1.